The van der Waals surface area contributed by atoms with Gasteiger partial charge in [-0.3, -0.25) is 0 Å². The molecule has 0 aliphatic rings. The molecule has 50 heavy (non-hydrogen) atoms. The fourth-order valence-corrected chi connectivity index (χ4v) is 7.78. The predicted molar refractivity (Wildman–Crippen MR) is 207 cm³/mol. The number of furan rings is 1. The van der Waals surface area contributed by atoms with Gasteiger partial charge < -0.3 is 4.42 Å². The zero-order valence-corrected chi connectivity index (χ0v) is 27.6. The Hall–Kier alpha value is -6.43. The average molecular weight is 658 g/mol. The Bertz CT molecular complexity index is 2820. The van der Waals surface area contributed by atoms with Crippen LogP contribution in [0, 0.1) is 0 Å². The van der Waals surface area contributed by atoms with Gasteiger partial charge in [0.2, 0.25) is 0 Å². The van der Waals surface area contributed by atoms with Crippen molar-refractivity contribution in [1.82, 2.24) is 15.0 Å². The fourth-order valence-electron chi connectivity index (χ4n) is 6.71. The molecule has 10 aromatic rings. The molecule has 0 unspecified atom stereocenters. The van der Waals surface area contributed by atoms with Crippen molar-refractivity contribution in [3.63, 3.8) is 0 Å². The van der Waals surface area contributed by atoms with Gasteiger partial charge in [-0.05, 0) is 75.3 Å². The molecule has 4 nitrogen and oxygen atoms in total. The Balaban J connectivity index is 1.09. The second kappa shape index (κ2) is 11.6. The van der Waals surface area contributed by atoms with Crippen LogP contribution in [0.2, 0.25) is 0 Å². The van der Waals surface area contributed by atoms with E-state index in [1.54, 1.807) is 11.3 Å². The van der Waals surface area contributed by atoms with Gasteiger partial charge in [0, 0.05) is 37.0 Å². The summed E-state index contributed by atoms with van der Waals surface area (Å²) in [5, 5.41) is 5.70. The third-order valence-corrected chi connectivity index (χ3v) is 10.5. The highest BCUT2D eigenvalue weighted by Gasteiger charge is 2.16. The molecule has 3 aromatic heterocycles. The minimum absolute atomic E-state index is 0.614. The summed E-state index contributed by atoms with van der Waals surface area (Å²) in [4.78, 5) is 16.4. The summed E-state index contributed by atoms with van der Waals surface area (Å²) < 4.78 is 7.58. The predicted octanol–water partition coefficient (Wildman–Crippen LogP) is 12.5. The van der Waals surface area contributed by atoms with E-state index in [9.17, 15) is 0 Å². The Morgan fingerprint density at radius 3 is 1.58 bits per heavy atom. The topological polar surface area (TPSA) is 51.8 Å². The summed E-state index contributed by atoms with van der Waals surface area (Å²) in [5.74, 6) is 1.87. The highest BCUT2D eigenvalue weighted by Crippen LogP contribution is 2.37. The van der Waals surface area contributed by atoms with Crippen LogP contribution >= 0.6 is 11.3 Å². The molecule has 0 fully saturated rings. The van der Waals surface area contributed by atoms with Gasteiger partial charge in [-0.2, -0.15) is 0 Å². The summed E-state index contributed by atoms with van der Waals surface area (Å²) in [6.45, 7) is 0. The Kier molecular flexibility index (Phi) is 6.64. The molecular formula is C45H27N3OS. The number of hydrogen-bond donors (Lipinski definition) is 0. The highest BCUT2D eigenvalue weighted by molar-refractivity contribution is 7.22. The van der Waals surface area contributed by atoms with Crippen molar-refractivity contribution in [2.24, 2.45) is 0 Å². The van der Waals surface area contributed by atoms with E-state index in [-0.39, 0.29) is 0 Å². The number of benzene rings is 7. The number of rotatable bonds is 5. The van der Waals surface area contributed by atoms with Crippen LogP contribution in [0.4, 0.5) is 0 Å². The van der Waals surface area contributed by atoms with Crippen LogP contribution in [-0.2, 0) is 0 Å². The summed E-state index contributed by atoms with van der Waals surface area (Å²) in [6, 6.07) is 57.0. The minimum atomic E-state index is 0.614. The van der Waals surface area contributed by atoms with Gasteiger partial charge in [-0.1, -0.05) is 121 Å². The summed E-state index contributed by atoms with van der Waals surface area (Å²) in [7, 11) is 0. The fraction of sp³-hybridized carbons (Fsp3) is 0. The average Bonchev–Trinajstić information content (AvgIpc) is 3.78. The van der Waals surface area contributed by atoms with Crippen LogP contribution in [0.25, 0.3) is 98.5 Å². The Morgan fingerprint density at radius 2 is 0.880 bits per heavy atom. The van der Waals surface area contributed by atoms with Gasteiger partial charge in [-0.15, -0.1) is 11.3 Å². The maximum Gasteiger partial charge on any atom is 0.164 e. The van der Waals surface area contributed by atoms with Crippen molar-refractivity contribution >= 4 is 54.1 Å². The van der Waals surface area contributed by atoms with Gasteiger partial charge in [0.25, 0.3) is 0 Å². The first-order valence-electron chi connectivity index (χ1n) is 16.6. The van der Waals surface area contributed by atoms with E-state index in [0.29, 0.717) is 17.5 Å². The van der Waals surface area contributed by atoms with Crippen LogP contribution in [0.3, 0.4) is 0 Å². The van der Waals surface area contributed by atoms with Gasteiger partial charge in [0.05, 0.1) is 0 Å². The van der Waals surface area contributed by atoms with E-state index in [1.165, 1.54) is 31.5 Å². The van der Waals surface area contributed by atoms with Gasteiger partial charge >= 0.3 is 0 Å². The molecule has 0 saturated heterocycles. The quantitative estimate of drug-likeness (QED) is 0.185. The van der Waals surface area contributed by atoms with Crippen LogP contribution in [0.15, 0.2) is 168 Å². The van der Waals surface area contributed by atoms with E-state index in [2.05, 4.69) is 146 Å². The lowest BCUT2D eigenvalue weighted by atomic mass is 10.0. The molecule has 0 amide bonds. The third kappa shape index (κ3) is 5.04. The lowest BCUT2D eigenvalue weighted by molar-refractivity contribution is 0.669. The zero-order valence-electron chi connectivity index (χ0n) is 26.7. The number of nitrogens with zero attached hydrogens (tertiary/aromatic N) is 3. The van der Waals surface area contributed by atoms with Crippen LogP contribution in [0.5, 0.6) is 0 Å². The molecule has 0 atom stereocenters. The Morgan fingerprint density at radius 1 is 0.360 bits per heavy atom. The molecule has 0 bridgehead atoms. The lowest BCUT2D eigenvalue weighted by Gasteiger charge is -2.10. The summed E-state index contributed by atoms with van der Waals surface area (Å²) >= 11 is 1.80. The van der Waals surface area contributed by atoms with Crippen molar-refractivity contribution in [1.29, 1.82) is 0 Å². The second-order valence-corrected chi connectivity index (χ2v) is 13.6. The van der Waals surface area contributed by atoms with Gasteiger partial charge in [0.1, 0.15) is 11.2 Å². The highest BCUT2D eigenvalue weighted by atomic mass is 32.1. The molecule has 10 rings (SSSR count). The molecule has 7 aromatic carbocycles. The first-order valence-corrected chi connectivity index (χ1v) is 17.4. The van der Waals surface area contributed by atoms with Crippen LogP contribution in [0.1, 0.15) is 0 Å². The summed E-state index contributed by atoms with van der Waals surface area (Å²) in [5.41, 5.74) is 7.95. The molecule has 234 valence electrons. The number of thiophene rings is 1. The largest absolute Gasteiger partial charge is 0.456 e. The lowest BCUT2D eigenvalue weighted by Crippen LogP contribution is -2.00. The normalized spacial score (nSPS) is 11.6. The zero-order chi connectivity index (χ0) is 33.0. The minimum Gasteiger partial charge on any atom is -0.456 e. The standard InChI is InChI=1S/C45H27N3OS/c1-2-8-28(9-3-1)29-14-18-31(19-15-29)43-46-44(32-20-16-30(17-21-32)42-27-35-12-6-7-13-41(35)50-42)48-45(47-43)36-22-23-39-37(25-36)38-24-33-10-4-5-11-34(33)26-40(38)49-39/h1-27H. The molecule has 5 heteroatoms. The molecule has 0 aliphatic carbocycles. The SMILES string of the molecule is c1ccc(-c2ccc(-c3nc(-c4ccc(-c5cc6ccccc6s5)cc4)nc(-c4ccc5oc6cc7ccccc7cc6c5c4)n3)cc2)cc1. The van der Waals surface area contributed by atoms with Crippen molar-refractivity contribution in [2.45, 2.75) is 0 Å². The molecule has 0 saturated carbocycles. The van der Waals surface area contributed by atoms with E-state index in [0.717, 1.165) is 49.6 Å². The molecule has 0 aliphatic heterocycles. The van der Waals surface area contributed by atoms with Crippen LogP contribution in [-0.4, -0.2) is 15.0 Å². The van der Waals surface area contributed by atoms with Crippen LogP contribution < -0.4 is 0 Å². The number of fused-ring (bicyclic) bond motifs is 5. The Labute approximate surface area is 292 Å². The smallest absolute Gasteiger partial charge is 0.164 e. The van der Waals surface area contributed by atoms with Gasteiger partial charge in [-0.25, -0.2) is 15.0 Å². The molecule has 3 heterocycles. The molecular weight excluding hydrogens is 631 g/mol. The number of aromatic nitrogens is 3. The monoisotopic (exact) mass is 657 g/mol. The van der Waals surface area contributed by atoms with Crippen molar-refractivity contribution in [3.05, 3.63) is 164 Å². The van der Waals surface area contributed by atoms with Crippen molar-refractivity contribution in [3.8, 4) is 55.7 Å². The second-order valence-electron chi connectivity index (χ2n) is 12.5. The van der Waals surface area contributed by atoms with E-state index in [1.807, 2.05) is 18.2 Å². The van der Waals surface area contributed by atoms with E-state index in [4.69, 9.17) is 19.4 Å². The molecule has 0 radical (unpaired) electrons. The maximum atomic E-state index is 6.30. The van der Waals surface area contributed by atoms with Crippen molar-refractivity contribution in [2.75, 3.05) is 0 Å². The van der Waals surface area contributed by atoms with Gasteiger partial charge in [0.15, 0.2) is 17.5 Å². The number of hydrogen-bond acceptors (Lipinski definition) is 5. The maximum absolute atomic E-state index is 6.30. The first kappa shape index (κ1) is 28.6. The van der Waals surface area contributed by atoms with Crippen molar-refractivity contribution < 1.29 is 4.42 Å². The summed E-state index contributed by atoms with van der Waals surface area (Å²) in [6.07, 6.45) is 0. The molecule has 0 N–H and O–H groups in total. The third-order valence-electron chi connectivity index (χ3n) is 9.33. The molecule has 0 spiro atoms. The first-order chi connectivity index (χ1) is 24.7. The van der Waals surface area contributed by atoms with E-state index < -0.39 is 0 Å². The van der Waals surface area contributed by atoms with E-state index >= 15 is 0 Å².